The van der Waals surface area contributed by atoms with Gasteiger partial charge in [0.15, 0.2) is 11.6 Å². The molecule has 0 spiro atoms. The number of rotatable bonds is 6. The third-order valence-corrected chi connectivity index (χ3v) is 3.89. The predicted octanol–water partition coefficient (Wildman–Crippen LogP) is 2.20. The van der Waals surface area contributed by atoms with Crippen LogP contribution in [0.2, 0.25) is 0 Å². The summed E-state index contributed by atoms with van der Waals surface area (Å²) in [6, 6.07) is 5.25. The SMILES string of the molecule is CCOc1cccnc1N(CC1CCCN1)C1CC1. The molecule has 1 aromatic heterocycles. The van der Waals surface area contributed by atoms with Crippen molar-refractivity contribution in [3.8, 4) is 5.75 Å². The Labute approximate surface area is 115 Å². The standard InChI is InChI=1S/C15H23N3O/c1-2-19-14-6-4-10-17-15(14)18(13-7-8-13)11-12-5-3-9-16-12/h4,6,10,12-13,16H,2-3,5,7-9,11H2,1H3. The van der Waals surface area contributed by atoms with Crippen LogP contribution in [0.5, 0.6) is 5.75 Å². The number of nitrogens with zero attached hydrogens (tertiary/aromatic N) is 2. The van der Waals surface area contributed by atoms with E-state index in [1.165, 1.54) is 25.7 Å². The Balaban J connectivity index is 1.78. The minimum Gasteiger partial charge on any atom is -0.490 e. The summed E-state index contributed by atoms with van der Waals surface area (Å²) < 4.78 is 5.74. The van der Waals surface area contributed by atoms with Gasteiger partial charge in [-0.2, -0.15) is 0 Å². The first-order chi connectivity index (χ1) is 9.38. The predicted molar refractivity (Wildman–Crippen MR) is 76.8 cm³/mol. The molecule has 1 saturated carbocycles. The molecule has 2 fully saturated rings. The average Bonchev–Trinajstić information content (AvgIpc) is 3.15. The van der Waals surface area contributed by atoms with Gasteiger partial charge in [0.1, 0.15) is 0 Å². The molecule has 1 atom stereocenters. The molecule has 0 amide bonds. The van der Waals surface area contributed by atoms with E-state index in [0.717, 1.165) is 24.7 Å². The molecule has 2 heterocycles. The molecule has 104 valence electrons. The zero-order valence-corrected chi connectivity index (χ0v) is 11.6. The molecule has 1 aliphatic carbocycles. The molecular weight excluding hydrogens is 238 g/mol. The molecule has 4 nitrogen and oxygen atoms in total. The lowest BCUT2D eigenvalue weighted by Gasteiger charge is -2.28. The summed E-state index contributed by atoms with van der Waals surface area (Å²) in [7, 11) is 0. The van der Waals surface area contributed by atoms with Crippen molar-refractivity contribution in [3.63, 3.8) is 0 Å². The monoisotopic (exact) mass is 261 g/mol. The van der Waals surface area contributed by atoms with Crippen molar-refractivity contribution < 1.29 is 4.74 Å². The van der Waals surface area contributed by atoms with E-state index in [9.17, 15) is 0 Å². The second-order valence-electron chi connectivity index (χ2n) is 5.43. The van der Waals surface area contributed by atoms with E-state index >= 15 is 0 Å². The number of hydrogen-bond acceptors (Lipinski definition) is 4. The number of hydrogen-bond donors (Lipinski definition) is 1. The zero-order chi connectivity index (χ0) is 13.1. The quantitative estimate of drug-likeness (QED) is 0.852. The molecule has 4 heteroatoms. The number of pyridine rings is 1. The van der Waals surface area contributed by atoms with Crippen molar-refractivity contribution in [1.82, 2.24) is 10.3 Å². The molecule has 1 unspecified atom stereocenters. The van der Waals surface area contributed by atoms with E-state index in [4.69, 9.17) is 4.74 Å². The minimum absolute atomic E-state index is 0.608. The smallest absolute Gasteiger partial charge is 0.171 e. The van der Waals surface area contributed by atoms with Gasteiger partial charge in [-0.05, 0) is 51.3 Å². The maximum absolute atomic E-state index is 5.74. The highest BCUT2D eigenvalue weighted by atomic mass is 16.5. The molecule has 3 rings (SSSR count). The van der Waals surface area contributed by atoms with Crippen LogP contribution < -0.4 is 15.0 Å². The summed E-state index contributed by atoms with van der Waals surface area (Å²) in [5.74, 6) is 1.95. The minimum atomic E-state index is 0.608. The molecule has 1 N–H and O–H groups in total. The first-order valence-corrected chi connectivity index (χ1v) is 7.46. The Morgan fingerprint density at radius 3 is 3.00 bits per heavy atom. The van der Waals surface area contributed by atoms with Crippen molar-refractivity contribution >= 4 is 5.82 Å². The van der Waals surface area contributed by atoms with Crippen LogP contribution in [-0.4, -0.2) is 36.8 Å². The lowest BCUT2D eigenvalue weighted by Crippen LogP contribution is -2.39. The molecule has 1 aliphatic heterocycles. The van der Waals surface area contributed by atoms with E-state index in [1.807, 2.05) is 25.3 Å². The Kier molecular flexibility index (Phi) is 3.87. The van der Waals surface area contributed by atoms with Crippen LogP contribution in [0, 0.1) is 0 Å². The normalized spacial score (nSPS) is 22.5. The Morgan fingerprint density at radius 1 is 1.42 bits per heavy atom. The lowest BCUT2D eigenvalue weighted by atomic mass is 10.2. The van der Waals surface area contributed by atoms with Crippen LogP contribution >= 0.6 is 0 Å². The van der Waals surface area contributed by atoms with Crippen LogP contribution in [0.15, 0.2) is 18.3 Å². The van der Waals surface area contributed by atoms with E-state index in [2.05, 4.69) is 15.2 Å². The fourth-order valence-electron chi connectivity index (χ4n) is 2.81. The lowest BCUT2D eigenvalue weighted by molar-refractivity contribution is 0.338. The third-order valence-electron chi connectivity index (χ3n) is 3.89. The van der Waals surface area contributed by atoms with Crippen molar-refractivity contribution in [2.45, 2.75) is 44.7 Å². The molecule has 19 heavy (non-hydrogen) atoms. The van der Waals surface area contributed by atoms with Crippen molar-refractivity contribution in [3.05, 3.63) is 18.3 Å². The van der Waals surface area contributed by atoms with Gasteiger partial charge >= 0.3 is 0 Å². The second-order valence-corrected chi connectivity index (χ2v) is 5.43. The van der Waals surface area contributed by atoms with Crippen LogP contribution in [0.4, 0.5) is 5.82 Å². The van der Waals surface area contributed by atoms with Crippen molar-refractivity contribution in [1.29, 1.82) is 0 Å². The maximum Gasteiger partial charge on any atom is 0.171 e. The topological polar surface area (TPSA) is 37.4 Å². The fraction of sp³-hybridized carbons (Fsp3) is 0.667. The Bertz CT molecular complexity index is 414. The van der Waals surface area contributed by atoms with Gasteiger partial charge in [0.05, 0.1) is 6.61 Å². The highest BCUT2D eigenvalue weighted by Gasteiger charge is 2.33. The summed E-state index contributed by atoms with van der Waals surface area (Å²) in [4.78, 5) is 7.03. The van der Waals surface area contributed by atoms with Gasteiger partial charge in [-0.1, -0.05) is 0 Å². The third kappa shape index (κ3) is 3.00. The van der Waals surface area contributed by atoms with Gasteiger partial charge in [-0.25, -0.2) is 4.98 Å². The van der Waals surface area contributed by atoms with Gasteiger partial charge in [0.25, 0.3) is 0 Å². The average molecular weight is 261 g/mol. The second kappa shape index (κ2) is 5.78. The molecule has 0 bridgehead atoms. The van der Waals surface area contributed by atoms with Crippen molar-refractivity contribution in [2.24, 2.45) is 0 Å². The van der Waals surface area contributed by atoms with Crippen LogP contribution in [0.1, 0.15) is 32.6 Å². The molecule has 1 aromatic rings. The van der Waals surface area contributed by atoms with E-state index in [0.29, 0.717) is 18.7 Å². The van der Waals surface area contributed by atoms with Gasteiger partial charge in [0.2, 0.25) is 0 Å². The van der Waals surface area contributed by atoms with E-state index in [-0.39, 0.29) is 0 Å². The van der Waals surface area contributed by atoms with Gasteiger partial charge in [-0.15, -0.1) is 0 Å². The molecule has 1 saturated heterocycles. The first kappa shape index (κ1) is 12.7. The highest BCUT2D eigenvalue weighted by molar-refractivity contribution is 5.54. The van der Waals surface area contributed by atoms with E-state index in [1.54, 1.807) is 0 Å². The summed E-state index contributed by atoms with van der Waals surface area (Å²) in [6.45, 7) is 4.93. The largest absolute Gasteiger partial charge is 0.490 e. The number of aromatic nitrogens is 1. The number of nitrogens with one attached hydrogen (secondary N) is 1. The molecule has 2 aliphatic rings. The van der Waals surface area contributed by atoms with Crippen molar-refractivity contribution in [2.75, 3.05) is 24.6 Å². The Morgan fingerprint density at radius 2 is 2.32 bits per heavy atom. The Hall–Kier alpha value is -1.29. The first-order valence-electron chi connectivity index (χ1n) is 7.46. The van der Waals surface area contributed by atoms with Gasteiger partial charge in [0, 0.05) is 24.8 Å². The molecule has 0 radical (unpaired) electrons. The van der Waals surface area contributed by atoms with Gasteiger partial charge < -0.3 is 15.0 Å². The molecular formula is C15H23N3O. The summed E-state index contributed by atoms with van der Waals surface area (Å²) in [5, 5.41) is 3.58. The zero-order valence-electron chi connectivity index (χ0n) is 11.6. The van der Waals surface area contributed by atoms with Crippen LogP contribution in [0.25, 0.3) is 0 Å². The molecule has 0 aromatic carbocycles. The van der Waals surface area contributed by atoms with E-state index < -0.39 is 0 Å². The highest BCUT2D eigenvalue weighted by Crippen LogP contribution is 2.35. The number of ether oxygens (including phenoxy) is 1. The summed E-state index contributed by atoms with van der Waals surface area (Å²) in [5.41, 5.74) is 0. The summed E-state index contributed by atoms with van der Waals surface area (Å²) >= 11 is 0. The van der Waals surface area contributed by atoms with Gasteiger partial charge in [-0.3, -0.25) is 0 Å². The van der Waals surface area contributed by atoms with Crippen LogP contribution in [0.3, 0.4) is 0 Å². The van der Waals surface area contributed by atoms with Crippen LogP contribution in [-0.2, 0) is 0 Å². The number of anilines is 1. The summed E-state index contributed by atoms with van der Waals surface area (Å²) in [6.07, 6.45) is 7.02. The fourth-order valence-corrected chi connectivity index (χ4v) is 2.81. The maximum atomic E-state index is 5.74.